The van der Waals surface area contributed by atoms with E-state index in [2.05, 4.69) is 9.97 Å². The number of halogens is 1. The van der Waals surface area contributed by atoms with E-state index in [4.69, 9.17) is 0 Å². The van der Waals surface area contributed by atoms with Gasteiger partial charge >= 0.3 is 0 Å². The van der Waals surface area contributed by atoms with Crippen LogP contribution in [0, 0.1) is 3.70 Å². The topological polar surface area (TPSA) is 42.9 Å². The molecule has 1 aromatic rings. The van der Waals surface area contributed by atoms with E-state index in [1.54, 1.807) is 0 Å². The van der Waals surface area contributed by atoms with E-state index < -0.39 is 0 Å². The van der Waals surface area contributed by atoms with Gasteiger partial charge in [-0.3, -0.25) is 4.79 Å². The normalized spacial score (nSPS) is 9.00. The number of aldehydes is 1. The first-order valence-corrected chi connectivity index (χ1v) is 3.33. The maximum Gasteiger partial charge on any atom is 0.154 e. The van der Waals surface area contributed by atoms with E-state index in [0.29, 0.717) is 9.26 Å². The summed E-state index contributed by atoms with van der Waals surface area (Å²) < 4.78 is 0.692. The molecule has 1 aromatic heterocycles. The highest BCUT2D eigenvalue weighted by Gasteiger charge is 1.94. The van der Waals surface area contributed by atoms with Gasteiger partial charge in [0.05, 0.1) is 5.56 Å². The van der Waals surface area contributed by atoms with Gasteiger partial charge < -0.3 is 0 Å². The zero-order chi connectivity index (χ0) is 6.69. The molecule has 1 heterocycles. The van der Waals surface area contributed by atoms with E-state index in [1.165, 1.54) is 12.5 Å². The van der Waals surface area contributed by atoms with Crippen molar-refractivity contribution >= 4 is 28.9 Å². The van der Waals surface area contributed by atoms with Crippen LogP contribution in [0.5, 0.6) is 0 Å². The molecule has 0 unspecified atom stereocenters. The summed E-state index contributed by atoms with van der Waals surface area (Å²) in [7, 11) is 0. The van der Waals surface area contributed by atoms with Crippen LogP contribution < -0.4 is 0 Å². The van der Waals surface area contributed by atoms with Gasteiger partial charge in [0.25, 0.3) is 0 Å². The highest BCUT2D eigenvalue weighted by molar-refractivity contribution is 14.1. The summed E-state index contributed by atoms with van der Waals surface area (Å²) in [5.41, 5.74) is 0.540. The number of nitrogens with zero attached hydrogens (tertiary/aromatic N) is 2. The fourth-order valence-corrected chi connectivity index (χ4v) is 0.795. The standard InChI is InChI=1S/C5H3IN2O/c6-5-4(2-9)1-7-3-8-5/h1-3H. The molecular weight excluding hydrogens is 231 g/mol. The molecule has 0 aliphatic carbocycles. The molecular formula is C5H3IN2O. The van der Waals surface area contributed by atoms with Gasteiger partial charge in [-0.2, -0.15) is 0 Å². The van der Waals surface area contributed by atoms with Crippen LogP contribution in [0.3, 0.4) is 0 Å². The Labute approximate surface area is 65.7 Å². The lowest BCUT2D eigenvalue weighted by atomic mass is 10.4. The molecule has 0 aromatic carbocycles. The van der Waals surface area contributed by atoms with Gasteiger partial charge in [-0.05, 0) is 22.6 Å². The molecule has 0 N–H and O–H groups in total. The molecule has 0 amide bonds. The summed E-state index contributed by atoms with van der Waals surface area (Å²) in [6, 6.07) is 0. The zero-order valence-corrected chi connectivity index (χ0v) is 6.57. The molecule has 0 atom stereocenters. The molecule has 0 spiro atoms. The van der Waals surface area contributed by atoms with Crippen molar-refractivity contribution in [3.05, 3.63) is 21.8 Å². The highest BCUT2D eigenvalue weighted by Crippen LogP contribution is 2.02. The molecule has 4 heteroatoms. The van der Waals surface area contributed by atoms with Crippen molar-refractivity contribution in [1.29, 1.82) is 0 Å². The minimum Gasteiger partial charge on any atom is -0.298 e. The SMILES string of the molecule is O=Cc1cncnc1I. The molecule has 46 valence electrons. The van der Waals surface area contributed by atoms with Crippen LogP contribution in [-0.4, -0.2) is 16.3 Å². The second-order valence-electron chi connectivity index (χ2n) is 1.39. The molecule has 0 saturated carbocycles. The van der Waals surface area contributed by atoms with Crippen LogP contribution in [0.2, 0.25) is 0 Å². The molecule has 0 aliphatic heterocycles. The van der Waals surface area contributed by atoms with Crippen molar-refractivity contribution in [3.8, 4) is 0 Å². The molecule has 0 radical (unpaired) electrons. The summed E-state index contributed by atoms with van der Waals surface area (Å²) in [5, 5.41) is 0. The van der Waals surface area contributed by atoms with Gasteiger partial charge in [-0.15, -0.1) is 0 Å². The average molecular weight is 234 g/mol. The van der Waals surface area contributed by atoms with Crippen LogP contribution in [0.15, 0.2) is 12.5 Å². The lowest BCUT2D eigenvalue weighted by molar-refractivity contribution is 0.112. The molecule has 0 aliphatic rings. The fourth-order valence-electron chi connectivity index (χ4n) is 0.405. The molecule has 0 bridgehead atoms. The Morgan fingerprint density at radius 1 is 1.67 bits per heavy atom. The monoisotopic (exact) mass is 234 g/mol. The number of hydrogen-bond acceptors (Lipinski definition) is 3. The van der Waals surface area contributed by atoms with E-state index in [9.17, 15) is 4.79 Å². The smallest absolute Gasteiger partial charge is 0.154 e. The lowest BCUT2D eigenvalue weighted by Gasteiger charge is -1.88. The number of rotatable bonds is 1. The molecule has 0 saturated heterocycles. The summed E-state index contributed by atoms with van der Waals surface area (Å²) >= 11 is 1.98. The first-order valence-electron chi connectivity index (χ1n) is 2.25. The van der Waals surface area contributed by atoms with Crippen LogP contribution in [0.25, 0.3) is 0 Å². The second kappa shape index (κ2) is 2.86. The van der Waals surface area contributed by atoms with Gasteiger partial charge in [-0.1, -0.05) is 0 Å². The van der Waals surface area contributed by atoms with E-state index >= 15 is 0 Å². The fraction of sp³-hybridized carbons (Fsp3) is 0. The molecule has 9 heavy (non-hydrogen) atoms. The highest BCUT2D eigenvalue weighted by atomic mass is 127. The predicted octanol–water partition coefficient (Wildman–Crippen LogP) is 0.894. The van der Waals surface area contributed by atoms with Crippen LogP contribution in [-0.2, 0) is 0 Å². The summed E-state index contributed by atoms with van der Waals surface area (Å²) in [4.78, 5) is 17.6. The van der Waals surface area contributed by atoms with Gasteiger partial charge in [0.2, 0.25) is 0 Å². The third kappa shape index (κ3) is 1.44. The maximum atomic E-state index is 10.1. The molecule has 0 fully saturated rings. The summed E-state index contributed by atoms with van der Waals surface area (Å²) in [6.07, 6.45) is 3.64. The second-order valence-corrected chi connectivity index (χ2v) is 2.41. The summed E-state index contributed by atoms with van der Waals surface area (Å²) in [5.74, 6) is 0. The Morgan fingerprint density at radius 3 is 2.89 bits per heavy atom. The van der Waals surface area contributed by atoms with Crippen LogP contribution in [0.4, 0.5) is 0 Å². The number of carbonyl (C=O) groups excluding carboxylic acids is 1. The first kappa shape index (κ1) is 6.60. The first-order chi connectivity index (χ1) is 4.34. The summed E-state index contributed by atoms with van der Waals surface area (Å²) in [6.45, 7) is 0. The Kier molecular flexibility index (Phi) is 2.10. The van der Waals surface area contributed by atoms with Crippen molar-refractivity contribution in [2.24, 2.45) is 0 Å². The van der Waals surface area contributed by atoms with Crippen molar-refractivity contribution in [1.82, 2.24) is 9.97 Å². The van der Waals surface area contributed by atoms with E-state index in [1.807, 2.05) is 22.6 Å². The molecule has 1 rings (SSSR count). The third-order valence-electron chi connectivity index (χ3n) is 0.817. The predicted molar refractivity (Wildman–Crippen MR) is 40.1 cm³/mol. The zero-order valence-electron chi connectivity index (χ0n) is 4.41. The van der Waals surface area contributed by atoms with Crippen molar-refractivity contribution in [3.63, 3.8) is 0 Å². The number of carbonyl (C=O) groups is 1. The minimum absolute atomic E-state index is 0.540. The van der Waals surface area contributed by atoms with Gasteiger partial charge in [-0.25, -0.2) is 9.97 Å². The number of hydrogen-bond donors (Lipinski definition) is 0. The Morgan fingerprint density at radius 2 is 2.44 bits per heavy atom. The largest absolute Gasteiger partial charge is 0.298 e. The minimum atomic E-state index is 0.540. The number of aromatic nitrogens is 2. The van der Waals surface area contributed by atoms with Crippen LogP contribution >= 0.6 is 22.6 Å². The lowest BCUT2D eigenvalue weighted by Crippen LogP contribution is -1.89. The van der Waals surface area contributed by atoms with E-state index in [0.717, 1.165) is 6.29 Å². The Hall–Kier alpha value is -0.520. The Balaban J connectivity index is 3.15. The van der Waals surface area contributed by atoms with Crippen molar-refractivity contribution in [2.45, 2.75) is 0 Å². The van der Waals surface area contributed by atoms with Gasteiger partial charge in [0, 0.05) is 6.20 Å². The maximum absolute atomic E-state index is 10.1. The molecule has 3 nitrogen and oxygen atoms in total. The van der Waals surface area contributed by atoms with Crippen LogP contribution in [0.1, 0.15) is 10.4 Å². The van der Waals surface area contributed by atoms with Crippen molar-refractivity contribution in [2.75, 3.05) is 0 Å². The third-order valence-corrected chi connectivity index (χ3v) is 1.72. The van der Waals surface area contributed by atoms with E-state index in [-0.39, 0.29) is 0 Å². The average Bonchev–Trinajstić information content (AvgIpc) is 1.89. The van der Waals surface area contributed by atoms with Gasteiger partial charge in [0.15, 0.2) is 6.29 Å². The Bertz CT molecular complexity index is 226. The quantitative estimate of drug-likeness (QED) is 0.411. The van der Waals surface area contributed by atoms with Crippen molar-refractivity contribution < 1.29 is 4.79 Å². The van der Waals surface area contributed by atoms with Gasteiger partial charge in [0.1, 0.15) is 10.0 Å².